The molecular formula is C23H22F2N4O. The molecule has 0 radical (unpaired) electrons. The van der Waals surface area contributed by atoms with E-state index in [9.17, 15) is 13.6 Å². The Balaban J connectivity index is 1.67. The second-order valence-corrected chi connectivity index (χ2v) is 7.44. The van der Waals surface area contributed by atoms with Crippen LogP contribution in [0.15, 0.2) is 54.7 Å². The number of hydrogen-bond acceptors (Lipinski definition) is 4. The minimum absolute atomic E-state index is 0.0476. The number of carbonyl (C=O) groups excluding carboxylic acids is 1. The lowest BCUT2D eigenvalue weighted by Crippen LogP contribution is -2.40. The van der Waals surface area contributed by atoms with Crippen LogP contribution in [0.4, 0.5) is 14.7 Å². The Morgan fingerprint density at radius 2 is 1.70 bits per heavy atom. The second-order valence-electron chi connectivity index (χ2n) is 7.44. The maximum absolute atomic E-state index is 13.4. The number of carbonyl (C=O) groups is 1. The zero-order valence-electron chi connectivity index (χ0n) is 16.4. The Morgan fingerprint density at radius 1 is 1.03 bits per heavy atom. The summed E-state index contributed by atoms with van der Waals surface area (Å²) in [5.41, 5.74) is 8.80. The normalized spacial score (nSPS) is 16.5. The quantitative estimate of drug-likeness (QED) is 0.699. The van der Waals surface area contributed by atoms with Gasteiger partial charge in [0.05, 0.1) is 18.2 Å². The van der Waals surface area contributed by atoms with Gasteiger partial charge in [-0.05, 0) is 54.7 Å². The molecule has 2 N–H and O–H groups in total. The van der Waals surface area contributed by atoms with Gasteiger partial charge in [0.2, 0.25) is 11.9 Å². The molecule has 3 aromatic rings. The number of benzene rings is 2. The number of aromatic nitrogens is 2. The van der Waals surface area contributed by atoms with Crippen LogP contribution < -0.4 is 5.73 Å². The zero-order chi connectivity index (χ0) is 21.1. The highest BCUT2D eigenvalue weighted by Gasteiger charge is 2.31. The van der Waals surface area contributed by atoms with E-state index >= 15 is 0 Å². The Kier molecular flexibility index (Phi) is 5.70. The molecule has 30 heavy (non-hydrogen) atoms. The van der Waals surface area contributed by atoms with Crippen molar-refractivity contribution in [3.63, 3.8) is 0 Å². The third-order valence-electron chi connectivity index (χ3n) is 5.40. The number of likely N-dealkylation sites (tertiary alicyclic amines) is 1. The van der Waals surface area contributed by atoms with Crippen molar-refractivity contribution < 1.29 is 13.6 Å². The van der Waals surface area contributed by atoms with Crippen molar-refractivity contribution in [2.45, 2.75) is 31.7 Å². The first-order chi connectivity index (χ1) is 14.5. The van der Waals surface area contributed by atoms with Crippen LogP contribution in [0.25, 0.3) is 11.1 Å². The molecule has 1 aliphatic rings. The highest BCUT2D eigenvalue weighted by Crippen LogP contribution is 2.36. The van der Waals surface area contributed by atoms with Gasteiger partial charge in [0.1, 0.15) is 11.6 Å². The molecule has 0 unspecified atom stereocenters. The number of amides is 1. The number of anilines is 1. The number of hydrogen-bond donors (Lipinski definition) is 1. The summed E-state index contributed by atoms with van der Waals surface area (Å²) in [6.45, 7) is 0.609. The number of nitrogen functional groups attached to an aromatic ring is 1. The molecule has 154 valence electrons. The molecule has 1 fully saturated rings. The molecule has 0 bridgehead atoms. The predicted octanol–water partition coefficient (Wildman–Crippen LogP) is 4.30. The number of rotatable bonds is 4. The second kappa shape index (κ2) is 8.57. The number of nitrogens with two attached hydrogens (primary N) is 1. The molecule has 1 saturated heterocycles. The molecule has 4 rings (SSSR count). The summed E-state index contributed by atoms with van der Waals surface area (Å²) in [6, 6.07) is 11.8. The van der Waals surface area contributed by atoms with Gasteiger partial charge in [-0.3, -0.25) is 4.79 Å². The van der Waals surface area contributed by atoms with E-state index in [4.69, 9.17) is 5.73 Å². The van der Waals surface area contributed by atoms with Gasteiger partial charge in [-0.2, -0.15) is 0 Å². The number of piperidine rings is 1. The molecule has 1 atom stereocenters. The first-order valence-electron chi connectivity index (χ1n) is 9.93. The third-order valence-corrected chi connectivity index (χ3v) is 5.40. The largest absolute Gasteiger partial charge is 0.368 e. The maximum Gasteiger partial charge on any atom is 0.227 e. The molecule has 2 aromatic carbocycles. The standard InChI is InChI=1S/C23H22F2N4O/c24-17-8-4-15(5-9-17)13-21(30)29-12-2-1-3-20(29)22-19(14-27-23(26)28-22)16-6-10-18(25)11-7-16/h4-11,14,20H,1-3,12-13H2,(H2,26,27,28)/t20-/m0/s1. The van der Waals surface area contributed by atoms with Gasteiger partial charge < -0.3 is 10.6 Å². The maximum atomic E-state index is 13.4. The van der Waals surface area contributed by atoms with Gasteiger partial charge in [-0.25, -0.2) is 18.7 Å². The average molecular weight is 408 g/mol. The molecule has 5 nitrogen and oxygen atoms in total. The lowest BCUT2D eigenvalue weighted by Gasteiger charge is -2.36. The molecule has 0 aliphatic carbocycles. The highest BCUT2D eigenvalue weighted by atomic mass is 19.1. The third kappa shape index (κ3) is 4.30. The van der Waals surface area contributed by atoms with Gasteiger partial charge in [0, 0.05) is 18.3 Å². The summed E-state index contributed by atoms with van der Waals surface area (Å²) < 4.78 is 26.6. The SMILES string of the molecule is Nc1ncc(-c2ccc(F)cc2)c([C@@H]2CCCCN2C(=O)Cc2ccc(F)cc2)n1. The fourth-order valence-corrected chi connectivity index (χ4v) is 3.91. The van der Waals surface area contributed by atoms with Crippen LogP contribution in [0.1, 0.15) is 36.6 Å². The minimum atomic E-state index is -0.331. The molecule has 7 heteroatoms. The first kappa shape index (κ1) is 19.9. The zero-order valence-corrected chi connectivity index (χ0v) is 16.4. The van der Waals surface area contributed by atoms with E-state index in [1.54, 1.807) is 30.5 Å². The van der Waals surface area contributed by atoms with Crippen LogP contribution in [0.5, 0.6) is 0 Å². The predicted molar refractivity (Wildman–Crippen MR) is 110 cm³/mol. The summed E-state index contributed by atoms with van der Waals surface area (Å²) in [7, 11) is 0. The number of nitrogens with zero attached hydrogens (tertiary/aromatic N) is 3. The molecule has 0 spiro atoms. The first-order valence-corrected chi connectivity index (χ1v) is 9.93. The monoisotopic (exact) mass is 408 g/mol. The van der Waals surface area contributed by atoms with E-state index in [0.717, 1.165) is 36.0 Å². The molecule has 1 aromatic heterocycles. The van der Waals surface area contributed by atoms with E-state index in [0.29, 0.717) is 12.2 Å². The molecule has 0 saturated carbocycles. The Bertz CT molecular complexity index is 1040. The van der Waals surface area contributed by atoms with E-state index in [1.165, 1.54) is 24.3 Å². The van der Waals surface area contributed by atoms with Gasteiger partial charge >= 0.3 is 0 Å². The van der Waals surface area contributed by atoms with Crippen molar-refractivity contribution in [3.8, 4) is 11.1 Å². The van der Waals surface area contributed by atoms with E-state index in [-0.39, 0.29) is 36.0 Å². The van der Waals surface area contributed by atoms with E-state index in [1.807, 2.05) is 4.90 Å². The van der Waals surface area contributed by atoms with Gasteiger partial charge in [-0.1, -0.05) is 24.3 Å². The van der Waals surface area contributed by atoms with Crippen molar-refractivity contribution in [2.24, 2.45) is 0 Å². The number of halogens is 2. The van der Waals surface area contributed by atoms with Crippen molar-refractivity contribution in [1.82, 2.24) is 14.9 Å². The Morgan fingerprint density at radius 3 is 2.40 bits per heavy atom. The average Bonchev–Trinajstić information content (AvgIpc) is 2.76. The van der Waals surface area contributed by atoms with Crippen LogP contribution in [-0.4, -0.2) is 27.3 Å². The fourth-order valence-electron chi connectivity index (χ4n) is 3.91. The molecular weight excluding hydrogens is 386 g/mol. The molecule has 1 amide bonds. The summed E-state index contributed by atoms with van der Waals surface area (Å²) >= 11 is 0. The van der Waals surface area contributed by atoms with Gasteiger partial charge in [0.25, 0.3) is 0 Å². The molecule has 1 aliphatic heterocycles. The van der Waals surface area contributed by atoms with Crippen LogP contribution in [0.3, 0.4) is 0 Å². The lowest BCUT2D eigenvalue weighted by atomic mass is 9.93. The summed E-state index contributed by atoms with van der Waals surface area (Å²) in [4.78, 5) is 23.5. The lowest BCUT2D eigenvalue weighted by molar-refractivity contribution is -0.134. The van der Waals surface area contributed by atoms with Crippen LogP contribution in [0.2, 0.25) is 0 Å². The Labute approximate surface area is 173 Å². The van der Waals surface area contributed by atoms with Gasteiger partial charge in [-0.15, -0.1) is 0 Å². The summed E-state index contributed by atoms with van der Waals surface area (Å²) in [5, 5.41) is 0. The fraction of sp³-hybridized carbons (Fsp3) is 0.261. The van der Waals surface area contributed by atoms with Crippen LogP contribution in [-0.2, 0) is 11.2 Å². The smallest absolute Gasteiger partial charge is 0.227 e. The van der Waals surface area contributed by atoms with Gasteiger partial charge in [0.15, 0.2) is 0 Å². The van der Waals surface area contributed by atoms with E-state index < -0.39 is 0 Å². The van der Waals surface area contributed by atoms with Crippen molar-refractivity contribution >= 4 is 11.9 Å². The Hall–Kier alpha value is -3.35. The van der Waals surface area contributed by atoms with E-state index in [2.05, 4.69) is 9.97 Å². The van der Waals surface area contributed by atoms with Crippen LogP contribution >= 0.6 is 0 Å². The van der Waals surface area contributed by atoms with Crippen molar-refractivity contribution in [1.29, 1.82) is 0 Å². The summed E-state index contributed by atoms with van der Waals surface area (Å²) in [5.74, 6) is -0.575. The topological polar surface area (TPSA) is 72.1 Å². The highest BCUT2D eigenvalue weighted by molar-refractivity contribution is 5.80. The molecule has 2 heterocycles. The minimum Gasteiger partial charge on any atom is -0.368 e. The van der Waals surface area contributed by atoms with Crippen LogP contribution in [0, 0.1) is 11.6 Å². The summed E-state index contributed by atoms with van der Waals surface area (Å²) in [6.07, 6.45) is 4.42. The van der Waals surface area contributed by atoms with Crippen molar-refractivity contribution in [2.75, 3.05) is 12.3 Å². The van der Waals surface area contributed by atoms with Crippen molar-refractivity contribution in [3.05, 3.63) is 77.6 Å².